The second-order valence-electron chi connectivity index (χ2n) is 4.19. The standard InChI is InChI=1S/C13H13N3O/c1-15-12(17)8-7-10-9-14-16(13(10)15)11-5-3-2-4-6-11/h2-6,9H,7-8H2,1H3. The van der Waals surface area contributed by atoms with Crippen LogP contribution in [0.2, 0.25) is 0 Å². The number of hydrogen-bond acceptors (Lipinski definition) is 2. The Morgan fingerprint density at radius 1 is 1.18 bits per heavy atom. The lowest BCUT2D eigenvalue weighted by atomic mass is 10.1. The Kier molecular flexibility index (Phi) is 2.21. The van der Waals surface area contributed by atoms with Crippen molar-refractivity contribution < 1.29 is 4.79 Å². The van der Waals surface area contributed by atoms with Gasteiger partial charge in [0.1, 0.15) is 5.82 Å². The predicted molar refractivity (Wildman–Crippen MR) is 65.3 cm³/mol. The average molecular weight is 227 g/mol. The Balaban J connectivity index is 2.15. The van der Waals surface area contributed by atoms with Crippen molar-refractivity contribution in [3.8, 4) is 5.69 Å². The van der Waals surface area contributed by atoms with Gasteiger partial charge in [0.15, 0.2) is 0 Å². The molecule has 1 aliphatic heterocycles. The summed E-state index contributed by atoms with van der Waals surface area (Å²) in [5.74, 6) is 1.04. The van der Waals surface area contributed by atoms with Crippen LogP contribution >= 0.6 is 0 Å². The highest BCUT2D eigenvalue weighted by Gasteiger charge is 2.25. The van der Waals surface area contributed by atoms with Crippen LogP contribution in [0.25, 0.3) is 5.69 Å². The van der Waals surface area contributed by atoms with E-state index in [1.165, 1.54) is 0 Å². The molecule has 1 aliphatic rings. The zero-order valence-corrected chi connectivity index (χ0v) is 9.63. The van der Waals surface area contributed by atoms with Crippen molar-refractivity contribution in [2.45, 2.75) is 12.8 Å². The molecule has 0 aliphatic carbocycles. The van der Waals surface area contributed by atoms with Gasteiger partial charge < -0.3 is 0 Å². The fraction of sp³-hybridized carbons (Fsp3) is 0.231. The molecule has 0 atom stereocenters. The predicted octanol–water partition coefficient (Wildman–Crippen LogP) is 1.78. The van der Waals surface area contributed by atoms with Gasteiger partial charge in [-0.3, -0.25) is 9.69 Å². The molecular formula is C13H13N3O. The molecule has 2 heterocycles. The minimum Gasteiger partial charge on any atom is -0.300 e. The van der Waals surface area contributed by atoms with E-state index in [1.807, 2.05) is 41.2 Å². The van der Waals surface area contributed by atoms with Crippen LogP contribution in [-0.4, -0.2) is 22.7 Å². The molecule has 4 nitrogen and oxygen atoms in total. The van der Waals surface area contributed by atoms with E-state index in [4.69, 9.17) is 0 Å². The molecule has 17 heavy (non-hydrogen) atoms. The van der Waals surface area contributed by atoms with Gasteiger partial charge in [-0.05, 0) is 18.6 Å². The summed E-state index contributed by atoms with van der Waals surface area (Å²) in [7, 11) is 1.81. The number of fused-ring (bicyclic) bond motifs is 1. The third kappa shape index (κ3) is 1.53. The molecule has 0 N–H and O–H groups in total. The number of carbonyl (C=O) groups is 1. The van der Waals surface area contributed by atoms with Crippen LogP contribution in [0.15, 0.2) is 36.5 Å². The molecule has 0 saturated carbocycles. The van der Waals surface area contributed by atoms with Crippen LogP contribution in [0.1, 0.15) is 12.0 Å². The molecule has 4 heteroatoms. The summed E-state index contributed by atoms with van der Waals surface area (Å²) in [4.78, 5) is 13.4. The van der Waals surface area contributed by atoms with Gasteiger partial charge in [0.2, 0.25) is 5.91 Å². The van der Waals surface area contributed by atoms with E-state index in [2.05, 4.69) is 5.10 Å². The summed E-state index contributed by atoms with van der Waals surface area (Å²) in [5.41, 5.74) is 2.12. The fourth-order valence-electron chi connectivity index (χ4n) is 2.20. The molecular weight excluding hydrogens is 214 g/mol. The molecule has 0 unspecified atom stereocenters. The smallest absolute Gasteiger partial charge is 0.228 e. The van der Waals surface area contributed by atoms with E-state index in [0.717, 1.165) is 23.5 Å². The number of aryl methyl sites for hydroxylation is 1. The Morgan fingerprint density at radius 2 is 1.94 bits per heavy atom. The van der Waals surface area contributed by atoms with Crippen molar-refractivity contribution >= 4 is 11.7 Å². The second-order valence-corrected chi connectivity index (χ2v) is 4.19. The Morgan fingerprint density at radius 3 is 2.71 bits per heavy atom. The van der Waals surface area contributed by atoms with Gasteiger partial charge in [-0.15, -0.1) is 0 Å². The lowest BCUT2D eigenvalue weighted by molar-refractivity contribution is -0.118. The molecule has 0 bridgehead atoms. The quantitative estimate of drug-likeness (QED) is 0.744. The van der Waals surface area contributed by atoms with Crippen molar-refractivity contribution in [3.05, 3.63) is 42.1 Å². The van der Waals surface area contributed by atoms with E-state index in [9.17, 15) is 4.79 Å². The summed E-state index contributed by atoms with van der Waals surface area (Å²) >= 11 is 0. The molecule has 3 rings (SSSR count). The van der Waals surface area contributed by atoms with Crippen LogP contribution in [0.4, 0.5) is 5.82 Å². The maximum absolute atomic E-state index is 11.7. The van der Waals surface area contributed by atoms with Gasteiger partial charge in [0.05, 0.1) is 11.9 Å². The zero-order valence-electron chi connectivity index (χ0n) is 9.63. The van der Waals surface area contributed by atoms with E-state index in [1.54, 1.807) is 11.9 Å². The van der Waals surface area contributed by atoms with Gasteiger partial charge >= 0.3 is 0 Å². The Bertz CT molecular complexity index is 559. The maximum atomic E-state index is 11.7. The number of nitrogens with zero attached hydrogens (tertiary/aromatic N) is 3. The summed E-state index contributed by atoms with van der Waals surface area (Å²) in [6, 6.07) is 9.87. The first-order valence-corrected chi connectivity index (χ1v) is 5.66. The first-order valence-electron chi connectivity index (χ1n) is 5.66. The van der Waals surface area contributed by atoms with E-state index < -0.39 is 0 Å². The number of hydrogen-bond donors (Lipinski definition) is 0. The topological polar surface area (TPSA) is 38.1 Å². The van der Waals surface area contributed by atoms with Gasteiger partial charge in [0, 0.05) is 19.0 Å². The normalized spacial score (nSPS) is 14.9. The number of carbonyl (C=O) groups excluding carboxylic acids is 1. The summed E-state index contributed by atoms with van der Waals surface area (Å²) in [6.07, 6.45) is 3.21. The number of anilines is 1. The first-order chi connectivity index (χ1) is 8.27. The number of para-hydroxylation sites is 1. The van der Waals surface area contributed by atoms with Crippen molar-refractivity contribution in [1.82, 2.24) is 9.78 Å². The molecule has 0 fully saturated rings. The van der Waals surface area contributed by atoms with Gasteiger partial charge in [-0.2, -0.15) is 5.10 Å². The maximum Gasteiger partial charge on any atom is 0.228 e. The molecule has 1 aromatic carbocycles. The highest BCUT2D eigenvalue weighted by Crippen LogP contribution is 2.28. The Hall–Kier alpha value is -2.10. The highest BCUT2D eigenvalue weighted by atomic mass is 16.2. The van der Waals surface area contributed by atoms with Gasteiger partial charge in [-0.1, -0.05) is 18.2 Å². The molecule has 86 valence electrons. The van der Waals surface area contributed by atoms with Crippen LogP contribution in [-0.2, 0) is 11.2 Å². The molecule has 0 spiro atoms. The number of benzene rings is 1. The number of aromatic nitrogens is 2. The minimum absolute atomic E-state index is 0.148. The van der Waals surface area contributed by atoms with Gasteiger partial charge in [0.25, 0.3) is 0 Å². The van der Waals surface area contributed by atoms with Crippen molar-refractivity contribution in [3.63, 3.8) is 0 Å². The second kappa shape index (κ2) is 3.73. The van der Waals surface area contributed by atoms with Crippen LogP contribution in [0.3, 0.4) is 0 Å². The van der Waals surface area contributed by atoms with Crippen molar-refractivity contribution in [2.75, 3.05) is 11.9 Å². The monoisotopic (exact) mass is 227 g/mol. The number of rotatable bonds is 1. The summed E-state index contributed by atoms with van der Waals surface area (Å²) < 4.78 is 1.83. The number of amides is 1. The largest absolute Gasteiger partial charge is 0.300 e. The van der Waals surface area contributed by atoms with Gasteiger partial charge in [-0.25, -0.2) is 4.68 Å². The molecule has 0 saturated heterocycles. The minimum atomic E-state index is 0.148. The third-order valence-corrected chi connectivity index (χ3v) is 3.12. The zero-order chi connectivity index (χ0) is 11.8. The van der Waals surface area contributed by atoms with Crippen molar-refractivity contribution in [2.24, 2.45) is 0 Å². The van der Waals surface area contributed by atoms with E-state index >= 15 is 0 Å². The fourth-order valence-corrected chi connectivity index (χ4v) is 2.20. The Labute approximate surface area is 99.5 Å². The molecule has 1 aromatic heterocycles. The highest BCUT2D eigenvalue weighted by molar-refractivity contribution is 5.95. The molecule has 2 aromatic rings. The summed E-state index contributed by atoms with van der Waals surface area (Å²) in [5, 5.41) is 4.38. The lowest BCUT2D eigenvalue weighted by Crippen LogP contribution is -2.32. The first kappa shape index (κ1) is 10.1. The third-order valence-electron chi connectivity index (χ3n) is 3.12. The van der Waals surface area contributed by atoms with Crippen LogP contribution in [0.5, 0.6) is 0 Å². The average Bonchev–Trinajstić information content (AvgIpc) is 2.79. The van der Waals surface area contributed by atoms with Crippen LogP contribution in [0, 0.1) is 0 Å². The SMILES string of the molecule is CN1C(=O)CCc2cnn(-c3ccccc3)c21. The van der Waals surface area contributed by atoms with E-state index in [0.29, 0.717) is 6.42 Å². The molecule has 1 amide bonds. The summed E-state index contributed by atoms with van der Waals surface area (Å²) in [6.45, 7) is 0. The molecule has 0 radical (unpaired) electrons. The van der Waals surface area contributed by atoms with Crippen molar-refractivity contribution in [1.29, 1.82) is 0 Å². The van der Waals surface area contributed by atoms with Crippen LogP contribution < -0.4 is 4.90 Å². The van der Waals surface area contributed by atoms with E-state index in [-0.39, 0.29) is 5.91 Å². The lowest BCUT2D eigenvalue weighted by Gasteiger charge is -2.24.